The third-order valence-corrected chi connectivity index (χ3v) is 1.72. The van der Waals surface area contributed by atoms with E-state index in [2.05, 4.69) is 17.6 Å². The Bertz CT molecular complexity index is 250. The number of hydrogen-bond donors (Lipinski definition) is 3. The maximum Gasteiger partial charge on any atom is 0.0604 e. The Kier molecular flexibility index (Phi) is 4.12. The van der Waals surface area contributed by atoms with Gasteiger partial charge in [0.1, 0.15) is 0 Å². The molecule has 3 N–H and O–H groups in total. The summed E-state index contributed by atoms with van der Waals surface area (Å²) in [6.07, 6.45) is 0. The van der Waals surface area contributed by atoms with Gasteiger partial charge in [-0.1, -0.05) is 12.1 Å². The minimum absolute atomic E-state index is 0.153. The maximum atomic E-state index is 8.67. The SMILES string of the molecule is CCNc1ccccc1NCCO. The van der Waals surface area contributed by atoms with Crippen LogP contribution in [-0.4, -0.2) is 24.8 Å². The van der Waals surface area contributed by atoms with Gasteiger partial charge in [-0.2, -0.15) is 0 Å². The van der Waals surface area contributed by atoms with Crippen molar-refractivity contribution in [3.63, 3.8) is 0 Å². The second-order valence-corrected chi connectivity index (χ2v) is 2.73. The lowest BCUT2D eigenvalue weighted by Gasteiger charge is -2.11. The molecule has 0 atom stereocenters. The van der Waals surface area contributed by atoms with Crippen LogP contribution in [0.15, 0.2) is 24.3 Å². The van der Waals surface area contributed by atoms with E-state index in [1.807, 2.05) is 24.3 Å². The highest BCUT2D eigenvalue weighted by Gasteiger charge is 1.97. The topological polar surface area (TPSA) is 44.3 Å². The highest BCUT2D eigenvalue weighted by atomic mass is 16.3. The smallest absolute Gasteiger partial charge is 0.0604 e. The van der Waals surface area contributed by atoms with E-state index < -0.39 is 0 Å². The van der Waals surface area contributed by atoms with Crippen LogP contribution in [0, 0.1) is 0 Å². The summed E-state index contributed by atoms with van der Waals surface area (Å²) in [5, 5.41) is 15.0. The van der Waals surface area contributed by atoms with Crippen LogP contribution >= 0.6 is 0 Å². The van der Waals surface area contributed by atoms with Crippen LogP contribution in [-0.2, 0) is 0 Å². The Morgan fingerprint density at radius 1 is 1.15 bits per heavy atom. The van der Waals surface area contributed by atoms with E-state index in [4.69, 9.17) is 5.11 Å². The molecule has 0 radical (unpaired) electrons. The van der Waals surface area contributed by atoms with Gasteiger partial charge in [0.15, 0.2) is 0 Å². The predicted octanol–water partition coefficient (Wildman–Crippen LogP) is 1.52. The van der Waals surface area contributed by atoms with E-state index in [0.29, 0.717) is 6.54 Å². The molecule has 0 unspecified atom stereocenters. The van der Waals surface area contributed by atoms with E-state index >= 15 is 0 Å². The zero-order valence-electron chi connectivity index (χ0n) is 7.88. The summed E-state index contributed by atoms with van der Waals surface area (Å²) in [7, 11) is 0. The number of nitrogens with one attached hydrogen (secondary N) is 2. The Morgan fingerprint density at radius 2 is 1.77 bits per heavy atom. The molecule has 72 valence electrons. The number of rotatable bonds is 5. The average molecular weight is 180 g/mol. The molecule has 0 aliphatic carbocycles. The first-order chi connectivity index (χ1) is 6.38. The second kappa shape index (κ2) is 5.43. The number of aliphatic hydroxyl groups is 1. The predicted molar refractivity (Wildman–Crippen MR) is 56.2 cm³/mol. The van der Waals surface area contributed by atoms with Crippen molar-refractivity contribution in [2.75, 3.05) is 30.3 Å². The molecule has 1 rings (SSSR count). The number of anilines is 2. The van der Waals surface area contributed by atoms with Crippen molar-refractivity contribution < 1.29 is 5.11 Å². The van der Waals surface area contributed by atoms with Crippen LogP contribution in [0.5, 0.6) is 0 Å². The van der Waals surface area contributed by atoms with Gasteiger partial charge in [-0.05, 0) is 19.1 Å². The Balaban J connectivity index is 2.66. The van der Waals surface area contributed by atoms with Gasteiger partial charge in [0.25, 0.3) is 0 Å². The average Bonchev–Trinajstić information content (AvgIpc) is 2.17. The summed E-state index contributed by atoms with van der Waals surface area (Å²) in [5.74, 6) is 0. The fraction of sp³-hybridized carbons (Fsp3) is 0.400. The highest BCUT2D eigenvalue weighted by molar-refractivity contribution is 5.68. The molecular weight excluding hydrogens is 164 g/mol. The number of para-hydroxylation sites is 2. The molecule has 0 saturated heterocycles. The van der Waals surface area contributed by atoms with Crippen LogP contribution in [0.3, 0.4) is 0 Å². The zero-order valence-corrected chi connectivity index (χ0v) is 7.88. The summed E-state index contributed by atoms with van der Waals surface area (Å²) in [6.45, 7) is 3.70. The van der Waals surface area contributed by atoms with Gasteiger partial charge in [-0.15, -0.1) is 0 Å². The second-order valence-electron chi connectivity index (χ2n) is 2.73. The van der Waals surface area contributed by atoms with E-state index in [0.717, 1.165) is 17.9 Å². The molecule has 0 aliphatic rings. The lowest BCUT2D eigenvalue weighted by molar-refractivity contribution is 0.311. The van der Waals surface area contributed by atoms with Crippen LogP contribution in [0.2, 0.25) is 0 Å². The van der Waals surface area contributed by atoms with Gasteiger partial charge in [0, 0.05) is 13.1 Å². The lowest BCUT2D eigenvalue weighted by Crippen LogP contribution is -2.08. The number of benzene rings is 1. The third kappa shape index (κ3) is 2.95. The standard InChI is InChI=1S/C10H16N2O/c1-2-11-9-5-3-4-6-10(9)12-7-8-13/h3-6,11-13H,2,7-8H2,1H3. The van der Waals surface area contributed by atoms with E-state index in [1.54, 1.807) is 0 Å². The van der Waals surface area contributed by atoms with Gasteiger partial charge < -0.3 is 15.7 Å². The first-order valence-electron chi connectivity index (χ1n) is 4.56. The molecule has 0 amide bonds. The largest absolute Gasteiger partial charge is 0.395 e. The third-order valence-electron chi connectivity index (χ3n) is 1.72. The molecule has 0 fully saturated rings. The zero-order chi connectivity index (χ0) is 9.52. The molecule has 0 bridgehead atoms. The molecule has 0 aromatic heterocycles. The van der Waals surface area contributed by atoms with Gasteiger partial charge >= 0.3 is 0 Å². The Morgan fingerprint density at radius 3 is 2.31 bits per heavy atom. The van der Waals surface area contributed by atoms with Crippen molar-refractivity contribution >= 4 is 11.4 Å². The van der Waals surface area contributed by atoms with E-state index in [-0.39, 0.29) is 6.61 Å². The molecule has 0 aliphatic heterocycles. The molecule has 0 heterocycles. The van der Waals surface area contributed by atoms with E-state index in [9.17, 15) is 0 Å². The van der Waals surface area contributed by atoms with Gasteiger partial charge in [0.05, 0.1) is 18.0 Å². The Labute approximate surface area is 78.8 Å². The van der Waals surface area contributed by atoms with Crippen LogP contribution < -0.4 is 10.6 Å². The molecule has 1 aromatic carbocycles. The fourth-order valence-electron chi connectivity index (χ4n) is 1.17. The molecule has 0 saturated carbocycles. The molecule has 1 aromatic rings. The molecule has 13 heavy (non-hydrogen) atoms. The van der Waals surface area contributed by atoms with Gasteiger partial charge in [0.2, 0.25) is 0 Å². The van der Waals surface area contributed by atoms with Gasteiger partial charge in [-0.3, -0.25) is 0 Å². The number of aliphatic hydroxyl groups excluding tert-OH is 1. The summed E-state index contributed by atoms with van der Waals surface area (Å²) in [5.41, 5.74) is 2.12. The van der Waals surface area contributed by atoms with Crippen LogP contribution in [0.25, 0.3) is 0 Å². The van der Waals surface area contributed by atoms with Crippen LogP contribution in [0.4, 0.5) is 11.4 Å². The summed E-state index contributed by atoms with van der Waals surface area (Å²) in [6, 6.07) is 7.97. The molecule has 3 heteroatoms. The minimum Gasteiger partial charge on any atom is -0.395 e. The van der Waals surface area contributed by atoms with Crippen molar-refractivity contribution in [1.82, 2.24) is 0 Å². The first kappa shape index (κ1) is 9.86. The number of hydrogen-bond acceptors (Lipinski definition) is 3. The quantitative estimate of drug-likeness (QED) is 0.643. The van der Waals surface area contributed by atoms with Crippen LogP contribution in [0.1, 0.15) is 6.92 Å². The normalized spacial score (nSPS) is 9.69. The fourth-order valence-corrected chi connectivity index (χ4v) is 1.17. The molecule has 0 spiro atoms. The van der Waals surface area contributed by atoms with E-state index in [1.165, 1.54) is 0 Å². The maximum absolute atomic E-state index is 8.67. The van der Waals surface area contributed by atoms with Crippen molar-refractivity contribution in [3.05, 3.63) is 24.3 Å². The summed E-state index contributed by atoms with van der Waals surface area (Å²) >= 11 is 0. The van der Waals surface area contributed by atoms with Crippen molar-refractivity contribution in [2.45, 2.75) is 6.92 Å². The van der Waals surface area contributed by atoms with Gasteiger partial charge in [-0.25, -0.2) is 0 Å². The molecule has 3 nitrogen and oxygen atoms in total. The summed E-state index contributed by atoms with van der Waals surface area (Å²) in [4.78, 5) is 0. The molecular formula is C10H16N2O. The lowest BCUT2D eigenvalue weighted by atomic mass is 10.2. The van der Waals surface area contributed by atoms with Crippen molar-refractivity contribution in [1.29, 1.82) is 0 Å². The first-order valence-corrected chi connectivity index (χ1v) is 4.56. The Hall–Kier alpha value is -1.22. The monoisotopic (exact) mass is 180 g/mol. The minimum atomic E-state index is 0.153. The van der Waals surface area contributed by atoms with Crippen molar-refractivity contribution in [2.24, 2.45) is 0 Å². The van der Waals surface area contributed by atoms with Crippen molar-refractivity contribution in [3.8, 4) is 0 Å². The summed E-state index contributed by atoms with van der Waals surface area (Å²) < 4.78 is 0. The highest BCUT2D eigenvalue weighted by Crippen LogP contribution is 2.19.